The summed E-state index contributed by atoms with van der Waals surface area (Å²) in [5.41, 5.74) is 2.16. The highest BCUT2D eigenvalue weighted by atomic mass is 35.5. The van der Waals surface area contributed by atoms with Crippen molar-refractivity contribution in [3.63, 3.8) is 0 Å². The second-order valence-corrected chi connectivity index (χ2v) is 6.55. The van der Waals surface area contributed by atoms with Gasteiger partial charge < -0.3 is 14.8 Å². The maximum absolute atomic E-state index is 6.03. The molecule has 0 bridgehead atoms. The molecule has 0 saturated heterocycles. The summed E-state index contributed by atoms with van der Waals surface area (Å²) >= 11 is 6.03. The minimum Gasteiger partial charge on any atom is -0.493 e. The molecule has 1 N–H and O–H groups in total. The number of halogens is 1. The van der Waals surface area contributed by atoms with Gasteiger partial charge in [-0.25, -0.2) is 4.68 Å². The quantitative estimate of drug-likeness (QED) is 0.749. The molecule has 7 heteroatoms. The lowest BCUT2D eigenvalue weighted by molar-refractivity contribution is 0.340. The third kappa shape index (κ3) is 2.86. The molecular weight excluding hydrogens is 352 g/mol. The van der Waals surface area contributed by atoms with E-state index in [1.54, 1.807) is 20.5 Å². The fourth-order valence-electron chi connectivity index (χ4n) is 3.47. The van der Waals surface area contributed by atoms with Crippen LogP contribution in [-0.4, -0.2) is 29.0 Å². The summed E-state index contributed by atoms with van der Waals surface area (Å²) in [6.07, 6.45) is 2.35. The highest BCUT2D eigenvalue weighted by Crippen LogP contribution is 2.43. The summed E-state index contributed by atoms with van der Waals surface area (Å²) in [4.78, 5) is 4.37. The van der Waals surface area contributed by atoms with Crippen LogP contribution in [0.2, 0.25) is 5.02 Å². The molecule has 0 radical (unpaired) electrons. The number of aromatic nitrogens is 3. The summed E-state index contributed by atoms with van der Waals surface area (Å²) in [7, 11) is 3.29. The molecule has 0 amide bonds. The molecule has 0 spiro atoms. The maximum Gasteiger partial charge on any atom is 0.222 e. The number of para-hydroxylation sites is 1. The van der Waals surface area contributed by atoms with E-state index in [4.69, 9.17) is 21.1 Å². The van der Waals surface area contributed by atoms with Gasteiger partial charge in [-0.05, 0) is 30.2 Å². The van der Waals surface area contributed by atoms with Crippen molar-refractivity contribution < 1.29 is 9.47 Å². The molecule has 1 aliphatic heterocycles. The Labute approximate surface area is 156 Å². The fraction of sp³-hybridized carbons (Fsp3) is 0.263. The van der Waals surface area contributed by atoms with Gasteiger partial charge in [0, 0.05) is 10.6 Å². The summed E-state index contributed by atoms with van der Waals surface area (Å²) in [6.45, 7) is 0. The lowest BCUT2D eigenvalue weighted by Crippen LogP contribution is -2.28. The summed E-state index contributed by atoms with van der Waals surface area (Å²) in [5, 5.41) is 8.59. The highest BCUT2D eigenvalue weighted by molar-refractivity contribution is 6.30. The fourth-order valence-corrected chi connectivity index (χ4v) is 3.59. The van der Waals surface area contributed by atoms with Crippen molar-refractivity contribution in [2.75, 3.05) is 19.5 Å². The average molecular weight is 371 g/mol. The Morgan fingerprint density at radius 3 is 2.65 bits per heavy atom. The van der Waals surface area contributed by atoms with E-state index in [1.807, 2.05) is 47.1 Å². The first-order chi connectivity index (χ1) is 12.7. The number of hydrogen-bond donors (Lipinski definition) is 1. The van der Waals surface area contributed by atoms with Crippen molar-refractivity contribution in [3.05, 3.63) is 64.9 Å². The van der Waals surface area contributed by atoms with Gasteiger partial charge in [-0.3, -0.25) is 0 Å². The van der Waals surface area contributed by atoms with E-state index in [0.29, 0.717) is 5.75 Å². The molecule has 134 valence electrons. The van der Waals surface area contributed by atoms with Crippen LogP contribution in [0.4, 0.5) is 5.95 Å². The molecule has 0 saturated carbocycles. The van der Waals surface area contributed by atoms with E-state index < -0.39 is 0 Å². The lowest BCUT2D eigenvalue weighted by Gasteiger charge is -2.32. The molecule has 26 heavy (non-hydrogen) atoms. The molecule has 2 atom stereocenters. The SMILES string of the molecule is COc1cccc(C2CC(c3ccc(Cl)cc3)Nc3ncnn32)c1OC. The minimum absolute atomic E-state index is 0.0283. The van der Waals surface area contributed by atoms with Crippen LogP contribution < -0.4 is 14.8 Å². The largest absolute Gasteiger partial charge is 0.493 e. The number of nitrogens with zero attached hydrogens (tertiary/aromatic N) is 3. The number of benzene rings is 2. The molecular formula is C19H19ClN4O2. The van der Waals surface area contributed by atoms with Gasteiger partial charge in [-0.15, -0.1) is 0 Å². The van der Waals surface area contributed by atoms with E-state index in [1.165, 1.54) is 0 Å². The van der Waals surface area contributed by atoms with Crippen LogP contribution in [0.1, 0.15) is 29.6 Å². The molecule has 1 aliphatic rings. The van der Waals surface area contributed by atoms with Crippen molar-refractivity contribution >= 4 is 17.5 Å². The third-order valence-electron chi connectivity index (χ3n) is 4.70. The van der Waals surface area contributed by atoms with E-state index in [-0.39, 0.29) is 12.1 Å². The lowest BCUT2D eigenvalue weighted by atomic mass is 9.92. The number of anilines is 1. The number of fused-ring (bicyclic) bond motifs is 1. The monoisotopic (exact) mass is 370 g/mol. The van der Waals surface area contributed by atoms with Crippen LogP contribution in [-0.2, 0) is 0 Å². The van der Waals surface area contributed by atoms with Crippen LogP contribution in [0, 0.1) is 0 Å². The Morgan fingerprint density at radius 1 is 1.12 bits per heavy atom. The Kier molecular flexibility index (Phi) is 4.42. The van der Waals surface area contributed by atoms with Gasteiger partial charge in [0.15, 0.2) is 11.5 Å². The Morgan fingerprint density at radius 2 is 1.92 bits per heavy atom. The van der Waals surface area contributed by atoms with Crippen LogP contribution in [0.25, 0.3) is 0 Å². The van der Waals surface area contributed by atoms with Gasteiger partial charge in [0.05, 0.1) is 26.3 Å². The van der Waals surface area contributed by atoms with Crippen molar-refractivity contribution in [2.24, 2.45) is 0 Å². The number of rotatable bonds is 4. The van der Waals surface area contributed by atoms with Gasteiger partial charge in [0.1, 0.15) is 6.33 Å². The molecule has 0 aliphatic carbocycles. The van der Waals surface area contributed by atoms with Gasteiger partial charge >= 0.3 is 0 Å². The number of hydrogen-bond acceptors (Lipinski definition) is 5. The van der Waals surface area contributed by atoms with E-state index >= 15 is 0 Å². The highest BCUT2D eigenvalue weighted by Gasteiger charge is 2.32. The van der Waals surface area contributed by atoms with Crippen LogP contribution in [0.3, 0.4) is 0 Å². The van der Waals surface area contributed by atoms with Crippen molar-refractivity contribution in [2.45, 2.75) is 18.5 Å². The average Bonchev–Trinajstić information content (AvgIpc) is 3.15. The topological polar surface area (TPSA) is 61.2 Å². The summed E-state index contributed by atoms with van der Waals surface area (Å²) < 4.78 is 13.0. The molecule has 3 aromatic rings. The summed E-state index contributed by atoms with van der Waals surface area (Å²) in [5.74, 6) is 2.15. The van der Waals surface area contributed by atoms with E-state index in [2.05, 4.69) is 15.4 Å². The third-order valence-corrected chi connectivity index (χ3v) is 4.95. The molecule has 0 fully saturated rings. The molecule has 6 nitrogen and oxygen atoms in total. The zero-order chi connectivity index (χ0) is 18.1. The predicted molar refractivity (Wildman–Crippen MR) is 100 cm³/mol. The summed E-state index contributed by atoms with van der Waals surface area (Å²) in [6, 6.07) is 13.8. The zero-order valence-electron chi connectivity index (χ0n) is 14.5. The van der Waals surface area contributed by atoms with Crippen LogP contribution >= 0.6 is 11.6 Å². The first-order valence-corrected chi connectivity index (χ1v) is 8.71. The van der Waals surface area contributed by atoms with Gasteiger partial charge in [-0.2, -0.15) is 10.1 Å². The van der Waals surface area contributed by atoms with Crippen molar-refractivity contribution in [1.82, 2.24) is 14.8 Å². The van der Waals surface area contributed by atoms with Crippen molar-refractivity contribution in [1.29, 1.82) is 0 Å². The van der Waals surface area contributed by atoms with Gasteiger partial charge in [-0.1, -0.05) is 35.9 Å². The smallest absolute Gasteiger partial charge is 0.222 e. The second-order valence-electron chi connectivity index (χ2n) is 6.11. The zero-order valence-corrected chi connectivity index (χ0v) is 15.3. The Hall–Kier alpha value is -2.73. The predicted octanol–water partition coefficient (Wildman–Crippen LogP) is 4.10. The first kappa shape index (κ1) is 16.7. The van der Waals surface area contributed by atoms with Crippen LogP contribution in [0.15, 0.2) is 48.8 Å². The molecule has 4 rings (SSSR count). The standard InChI is InChI=1S/C19H19ClN4O2/c1-25-17-5-3-4-14(18(17)26-2)16-10-15(12-6-8-13(20)9-7-12)23-19-21-11-22-24(16)19/h3-9,11,15-16H,10H2,1-2H3,(H,21,22,23). The number of nitrogens with one attached hydrogen (secondary N) is 1. The Balaban J connectivity index is 1.78. The van der Waals surface area contributed by atoms with Gasteiger partial charge in [0.2, 0.25) is 5.95 Å². The second kappa shape index (κ2) is 6.88. The normalized spacial score (nSPS) is 18.7. The van der Waals surface area contributed by atoms with E-state index in [9.17, 15) is 0 Å². The number of ether oxygens (including phenoxy) is 2. The first-order valence-electron chi connectivity index (χ1n) is 8.33. The molecule has 1 aromatic heterocycles. The maximum atomic E-state index is 6.03. The minimum atomic E-state index is -0.0283. The Bertz CT molecular complexity index is 910. The molecule has 2 aromatic carbocycles. The van der Waals surface area contributed by atoms with E-state index in [0.717, 1.165) is 34.3 Å². The van der Waals surface area contributed by atoms with Crippen LogP contribution in [0.5, 0.6) is 11.5 Å². The molecule has 2 unspecified atom stereocenters. The van der Waals surface area contributed by atoms with Crippen molar-refractivity contribution in [3.8, 4) is 11.5 Å². The molecule has 2 heterocycles. The number of methoxy groups -OCH3 is 2. The van der Waals surface area contributed by atoms with Gasteiger partial charge in [0.25, 0.3) is 0 Å².